The van der Waals surface area contributed by atoms with E-state index in [0.717, 1.165) is 12.2 Å². The van der Waals surface area contributed by atoms with Crippen molar-refractivity contribution in [3.05, 3.63) is 0 Å². The normalized spacial score (nSPS) is 10.0. The fraction of sp³-hybridized carbons (Fsp3) is 0.889. The Labute approximate surface area is 89.2 Å². The van der Waals surface area contributed by atoms with Gasteiger partial charge < -0.3 is 0 Å². The molecule has 0 saturated carbocycles. The van der Waals surface area contributed by atoms with Crippen LogP contribution in [0.25, 0.3) is 0 Å². The van der Waals surface area contributed by atoms with Gasteiger partial charge in [-0.25, -0.2) is 0 Å². The molecule has 0 fully saturated rings. The van der Waals surface area contributed by atoms with Crippen molar-refractivity contribution in [1.82, 2.24) is 4.72 Å². The van der Waals surface area contributed by atoms with Crippen molar-refractivity contribution in [1.29, 1.82) is 0 Å². The zero-order chi connectivity index (χ0) is 9.94. The average molecular weight is 221 g/mol. The van der Waals surface area contributed by atoms with Crippen LogP contribution in [0.1, 0.15) is 46.0 Å². The first kappa shape index (κ1) is 13.2. The number of amides is 1. The molecule has 2 nitrogen and oxygen atoms in total. The molecular formula is C9H19NOS2. The first-order valence-electron chi connectivity index (χ1n) is 4.88. The molecule has 0 unspecified atom stereocenters. The van der Waals surface area contributed by atoms with Gasteiger partial charge >= 0.3 is 0 Å². The van der Waals surface area contributed by atoms with E-state index in [1.54, 1.807) is 10.8 Å². The van der Waals surface area contributed by atoms with Crippen molar-refractivity contribution < 1.29 is 4.79 Å². The minimum Gasteiger partial charge on any atom is -0.291 e. The minimum absolute atomic E-state index is 0.149. The molecule has 0 saturated heterocycles. The van der Waals surface area contributed by atoms with Crippen LogP contribution in [0.4, 0.5) is 0 Å². The highest BCUT2D eigenvalue weighted by atomic mass is 33.1. The molecule has 0 aliphatic carbocycles. The van der Waals surface area contributed by atoms with Crippen molar-refractivity contribution in [3.8, 4) is 0 Å². The minimum atomic E-state index is 0.149. The van der Waals surface area contributed by atoms with Crippen molar-refractivity contribution in [2.75, 3.05) is 5.75 Å². The summed E-state index contributed by atoms with van der Waals surface area (Å²) < 4.78 is 2.80. The van der Waals surface area contributed by atoms with Gasteiger partial charge in [0.05, 0.1) is 0 Å². The van der Waals surface area contributed by atoms with E-state index in [0.29, 0.717) is 6.42 Å². The van der Waals surface area contributed by atoms with Gasteiger partial charge in [-0.1, -0.05) is 37.5 Å². The Morgan fingerprint density at radius 2 is 2.00 bits per heavy atom. The Balaban J connectivity index is 3.02. The van der Waals surface area contributed by atoms with E-state index in [1.807, 2.05) is 6.92 Å². The van der Waals surface area contributed by atoms with Crippen LogP contribution < -0.4 is 4.72 Å². The maximum Gasteiger partial charge on any atom is 0.230 e. The smallest absolute Gasteiger partial charge is 0.230 e. The fourth-order valence-corrected chi connectivity index (χ4v) is 2.53. The molecule has 0 aromatic rings. The Kier molecular flexibility index (Phi) is 10.4. The number of carbonyl (C=O) groups is 1. The SMILES string of the molecule is CCCCCSSNC(=O)CCC. The lowest BCUT2D eigenvalue weighted by Gasteiger charge is -2.01. The van der Waals surface area contributed by atoms with E-state index in [9.17, 15) is 4.79 Å². The molecule has 1 N–H and O–H groups in total. The maximum absolute atomic E-state index is 11.0. The molecule has 0 radical (unpaired) electrons. The Bertz CT molecular complexity index is 131. The third-order valence-electron chi connectivity index (χ3n) is 1.52. The summed E-state index contributed by atoms with van der Waals surface area (Å²) in [5, 5.41) is 0. The predicted molar refractivity (Wildman–Crippen MR) is 62.6 cm³/mol. The Hall–Kier alpha value is 0.170. The molecule has 1 amide bonds. The second kappa shape index (κ2) is 10.3. The van der Waals surface area contributed by atoms with E-state index in [1.165, 1.54) is 30.2 Å². The van der Waals surface area contributed by atoms with Crippen LogP contribution in [0.3, 0.4) is 0 Å². The van der Waals surface area contributed by atoms with E-state index >= 15 is 0 Å². The molecule has 0 aromatic carbocycles. The summed E-state index contributed by atoms with van der Waals surface area (Å²) in [4.78, 5) is 11.0. The van der Waals surface area contributed by atoms with Crippen molar-refractivity contribution in [3.63, 3.8) is 0 Å². The Morgan fingerprint density at radius 3 is 2.62 bits per heavy atom. The number of hydrogen-bond acceptors (Lipinski definition) is 3. The van der Waals surface area contributed by atoms with E-state index in [-0.39, 0.29) is 5.91 Å². The van der Waals surface area contributed by atoms with E-state index < -0.39 is 0 Å². The molecule has 0 atom stereocenters. The lowest BCUT2D eigenvalue weighted by atomic mass is 10.3. The zero-order valence-corrected chi connectivity index (χ0v) is 10.1. The molecular weight excluding hydrogens is 202 g/mol. The highest BCUT2D eigenvalue weighted by Gasteiger charge is 1.98. The summed E-state index contributed by atoms with van der Waals surface area (Å²) in [6.07, 6.45) is 5.36. The second-order valence-electron chi connectivity index (χ2n) is 2.89. The molecule has 0 rings (SSSR count). The van der Waals surface area contributed by atoms with Crippen LogP contribution in [0.2, 0.25) is 0 Å². The van der Waals surface area contributed by atoms with Crippen LogP contribution in [0.5, 0.6) is 0 Å². The van der Waals surface area contributed by atoms with Gasteiger partial charge in [0.1, 0.15) is 0 Å². The third kappa shape index (κ3) is 10.1. The monoisotopic (exact) mass is 221 g/mol. The summed E-state index contributed by atoms with van der Waals surface area (Å²) in [5.41, 5.74) is 0. The van der Waals surface area contributed by atoms with Crippen molar-refractivity contribution in [2.24, 2.45) is 0 Å². The summed E-state index contributed by atoms with van der Waals surface area (Å²) in [5.74, 6) is 1.28. The van der Waals surface area contributed by atoms with Gasteiger partial charge in [-0.3, -0.25) is 9.52 Å². The second-order valence-corrected chi connectivity index (χ2v) is 5.11. The number of unbranched alkanes of at least 4 members (excludes halogenated alkanes) is 2. The van der Waals surface area contributed by atoms with Crippen molar-refractivity contribution in [2.45, 2.75) is 46.0 Å². The number of nitrogens with one attached hydrogen (secondary N) is 1. The van der Waals surface area contributed by atoms with Gasteiger partial charge in [-0.05, 0) is 12.8 Å². The average Bonchev–Trinajstić information content (AvgIpc) is 2.11. The molecule has 0 aliphatic rings. The standard InChI is InChI=1S/C9H19NOS2/c1-3-5-6-8-12-13-10-9(11)7-4-2/h3-8H2,1-2H3,(H,10,11). The van der Waals surface area contributed by atoms with Crippen molar-refractivity contribution >= 4 is 27.7 Å². The molecule has 13 heavy (non-hydrogen) atoms. The summed E-state index contributed by atoms with van der Waals surface area (Å²) >= 11 is 0. The molecule has 0 bridgehead atoms. The van der Waals surface area contributed by atoms with Gasteiger partial charge in [-0.2, -0.15) is 0 Å². The first-order chi connectivity index (χ1) is 6.31. The highest BCUT2D eigenvalue weighted by molar-refractivity contribution is 8.76. The lowest BCUT2D eigenvalue weighted by molar-refractivity contribution is -0.119. The van der Waals surface area contributed by atoms with Crippen LogP contribution in [-0.2, 0) is 4.79 Å². The first-order valence-corrected chi connectivity index (χ1v) is 7.20. The number of rotatable bonds is 8. The van der Waals surface area contributed by atoms with Gasteiger partial charge in [0.15, 0.2) is 0 Å². The highest BCUT2D eigenvalue weighted by Crippen LogP contribution is 2.19. The topological polar surface area (TPSA) is 29.1 Å². The molecule has 0 aromatic heterocycles. The molecule has 0 aliphatic heterocycles. The maximum atomic E-state index is 11.0. The molecule has 78 valence electrons. The molecule has 0 heterocycles. The summed E-state index contributed by atoms with van der Waals surface area (Å²) in [6, 6.07) is 0. The number of hydrogen-bond donors (Lipinski definition) is 1. The molecule has 0 spiro atoms. The van der Waals surface area contributed by atoms with E-state index in [2.05, 4.69) is 11.6 Å². The van der Waals surface area contributed by atoms with Crippen LogP contribution in [0.15, 0.2) is 0 Å². The zero-order valence-electron chi connectivity index (χ0n) is 8.47. The summed E-state index contributed by atoms with van der Waals surface area (Å²) in [6.45, 7) is 4.21. The predicted octanol–water partition coefficient (Wildman–Crippen LogP) is 3.39. The van der Waals surface area contributed by atoms with Crippen LogP contribution in [-0.4, -0.2) is 11.7 Å². The van der Waals surface area contributed by atoms with Gasteiger partial charge in [0, 0.05) is 23.2 Å². The molecule has 4 heteroatoms. The van der Waals surface area contributed by atoms with Gasteiger partial charge in [0.2, 0.25) is 5.91 Å². The van der Waals surface area contributed by atoms with Gasteiger partial charge in [0.25, 0.3) is 0 Å². The fourth-order valence-electron chi connectivity index (χ4n) is 0.807. The largest absolute Gasteiger partial charge is 0.291 e. The quantitative estimate of drug-likeness (QED) is 0.387. The summed E-state index contributed by atoms with van der Waals surface area (Å²) in [7, 11) is 3.20. The third-order valence-corrected chi connectivity index (χ3v) is 3.51. The van der Waals surface area contributed by atoms with E-state index in [4.69, 9.17) is 0 Å². The van der Waals surface area contributed by atoms with Crippen LogP contribution in [0, 0.1) is 0 Å². The van der Waals surface area contributed by atoms with Gasteiger partial charge in [-0.15, -0.1) is 0 Å². The lowest BCUT2D eigenvalue weighted by Crippen LogP contribution is -2.13. The number of carbonyl (C=O) groups excluding carboxylic acids is 1. The van der Waals surface area contributed by atoms with Crippen LogP contribution >= 0.6 is 21.8 Å². The Morgan fingerprint density at radius 1 is 1.23 bits per heavy atom.